The molecule has 7 heteroatoms. The predicted molar refractivity (Wildman–Crippen MR) is 131 cm³/mol. The van der Waals surface area contributed by atoms with Gasteiger partial charge in [0.25, 0.3) is 0 Å². The second-order valence-electron chi connectivity index (χ2n) is 9.64. The Kier molecular flexibility index (Phi) is 8.32. The van der Waals surface area contributed by atoms with Crippen LogP contribution in [0.3, 0.4) is 0 Å². The van der Waals surface area contributed by atoms with Gasteiger partial charge in [-0.1, -0.05) is 26.7 Å². The number of aliphatic imine (C=N–C) groups is 1. The molecule has 2 aliphatic heterocycles. The molecular formula is C23H41IN4O2. The fourth-order valence-electron chi connectivity index (χ4n) is 6.56. The molecule has 172 valence electrons. The number of hydrogen-bond acceptors (Lipinski definition) is 3. The molecular weight excluding hydrogens is 491 g/mol. The highest BCUT2D eigenvalue weighted by molar-refractivity contribution is 14.0. The lowest BCUT2D eigenvalue weighted by molar-refractivity contribution is -0.136. The average molecular weight is 533 g/mol. The van der Waals surface area contributed by atoms with Gasteiger partial charge in [0.05, 0.1) is 6.10 Å². The van der Waals surface area contributed by atoms with Gasteiger partial charge < -0.3 is 20.3 Å². The van der Waals surface area contributed by atoms with Crippen LogP contribution in [0, 0.1) is 17.3 Å². The third-order valence-electron chi connectivity index (χ3n) is 8.28. The number of guanidine groups is 1. The maximum Gasteiger partial charge on any atom is 0.225 e. The number of piperidine rings is 1. The molecule has 4 aliphatic rings. The largest absolute Gasteiger partial charge is 0.377 e. The van der Waals surface area contributed by atoms with Crippen LogP contribution in [0.15, 0.2) is 4.99 Å². The van der Waals surface area contributed by atoms with Gasteiger partial charge in [-0.2, -0.15) is 0 Å². The first kappa shape index (κ1) is 24.1. The summed E-state index contributed by atoms with van der Waals surface area (Å²) >= 11 is 0. The van der Waals surface area contributed by atoms with E-state index in [0.29, 0.717) is 35.4 Å². The van der Waals surface area contributed by atoms with E-state index in [0.717, 1.165) is 51.3 Å². The Balaban J connectivity index is 0.00000256. The number of likely N-dealkylation sites (tertiary alicyclic amines) is 1. The summed E-state index contributed by atoms with van der Waals surface area (Å²) in [7, 11) is 1.88. The normalized spacial score (nSPS) is 30.7. The Hall–Kier alpha value is -0.570. The Bertz CT molecular complexity index is 610. The smallest absolute Gasteiger partial charge is 0.225 e. The fraction of sp³-hybridized carbons (Fsp3) is 0.913. The minimum Gasteiger partial charge on any atom is -0.377 e. The highest BCUT2D eigenvalue weighted by Crippen LogP contribution is 2.60. The molecule has 3 unspecified atom stereocenters. The summed E-state index contributed by atoms with van der Waals surface area (Å²) in [4.78, 5) is 19.3. The lowest BCUT2D eigenvalue weighted by Gasteiger charge is -2.57. The van der Waals surface area contributed by atoms with E-state index in [9.17, 15) is 4.79 Å². The highest BCUT2D eigenvalue weighted by Gasteiger charge is 2.65. The zero-order valence-electron chi connectivity index (χ0n) is 19.0. The first-order valence-corrected chi connectivity index (χ1v) is 12.0. The van der Waals surface area contributed by atoms with Crippen molar-refractivity contribution in [2.24, 2.45) is 22.2 Å². The van der Waals surface area contributed by atoms with Crippen LogP contribution in [0.25, 0.3) is 0 Å². The molecule has 0 bridgehead atoms. The standard InChI is InChI=1S/C23H40N4O2.HI/c1-4-16(5-2)21(28)27-13-8-17(9-14-27)25-22(24-3)26-19-18-10-15-29-20(18)23(19)11-6-7-12-23;/h16-20H,4-15H2,1-3H3,(H2,24,25,26);1H. The number of ether oxygens (including phenoxy) is 1. The molecule has 0 radical (unpaired) electrons. The van der Waals surface area contributed by atoms with E-state index in [2.05, 4.69) is 34.4 Å². The Morgan fingerprint density at radius 3 is 2.40 bits per heavy atom. The Labute approximate surface area is 199 Å². The summed E-state index contributed by atoms with van der Waals surface area (Å²) in [5.41, 5.74) is 0.337. The van der Waals surface area contributed by atoms with Crippen LogP contribution in [0.5, 0.6) is 0 Å². The zero-order chi connectivity index (χ0) is 20.4. The number of carbonyl (C=O) groups is 1. The molecule has 2 saturated carbocycles. The molecule has 30 heavy (non-hydrogen) atoms. The minimum atomic E-state index is 0. The van der Waals surface area contributed by atoms with Crippen molar-refractivity contribution < 1.29 is 9.53 Å². The van der Waals surface area contributed by atoms with Crippen LogP contribution in [0.2, 0.25) is 0 Å². The number of nitrogens with zero attached hydrogens (tertiary/aromatic N) is 2. The van der Waals surface area contributed by atoms with Crippen LogP contribution < -0.4 is 10.6 Å². The SMILES string of the molecule is CCC(CC)C(=O)N1CCC(NC(=NC)NC2C3CCOC3C23CCCC3)CC1.I. The number of fused-ring (bicyclic) bond motifs is 2. The van der Waals surface area contributed by atoms with E-state index in [4.69, 9.17) is 4.74 Å². The molecule has 2 heterocycles. The van der Waals surface area contributed by atoms with Gasteiger partial charge in [0.15, 0.2) is 5.96 Å². The van der Waals surface area contributed by atoms with Gasteiger partial charge in [-0.25, -0.2) is 0 Å². The summed E-state index contributed by atoms with van der Waals surface area (Å²) in [6.45, 7) is 6.87. The average Bonchev–Trinajstić information content (AvgIpc) is 3.41. The lowest BCUT2D eigenvalue weighted by Crippen LogP contribution is -2.69. The maximum absolute atomic E-state index is 12.6. The third kappa shape index (κ3) is 4.34. The first-order chi connectivity index (χ1) is 14.1. The molecule has 1 amide bonds. The Morgan fingerprint density at radius 2 is 1.80 bits per heavy atom. The van der Waals surface area contributed by atoms with Crippen molar-refractivity contribution in [3.63, 3.8) is 0 Å². The topological polar surface area (TPSA) is 66.0 Å². The van der Waals surface area contributed by atoms with Crippen molar-refractivity contribution in [1.29, 1.82) is 0 Å². The summed E-state index contributed by atoms with van der Waals surface area (Å²) in [6.07, 6.45) is 10.8. The zero-order valence-corrected chi connectivity index (χ0v) is 21.3. The van der Waals surface area contributed by atoms with Gasteiger partial charge in [-0.3, -0.25) is 9.79 Å². The molecule has 4 rings (SSSR count). The van der Waals surface area contributed by atoms with Gasteiger partial charge in [0, 0.05) is 56.1 Å². The highest BCUT2D eigenvalue weighted by atomic mass is 127. The monoisotopic (exact) mass is 532 g/mol. The molecule has 0 aromatic heterocycles. The predicted octanol–water partition coefficient (Wildman–Crippen LogP) is 3.54. The number of rotatable bonds is 5. The molecule has 6 nitrogen and oxygen atoms in total. The van der Waals surface area contributed by atoms with E-state index in [1.807, 2.05) is 7.05 Å². The van der Waals surface area contributed by atoms with Crippen molar-refractivity contribution in [2.45, 2.75) is 89.8 Å². The van der Waals surface area contributed by atoms with Crippen molar-refractivity contribution in [1.82, 2.24) is 15.5 Å². The van der Waals surface area contributed by atoms with E-state index in [1.165, 1.54) is 32.1 Å². The molecule has 1 spiro atoms. The van der Waals surface area contributed by atoms with Gasteiger partial charge >= 0.3 is 0 Å². The van der Waals surface area contributed by atoms with Crippen LogP contribution >= 0.6 is 24.0 Å². The molecule has 3 atom stereocenters. The molecule has 0 aromatic carbocycles. The van der Waals surface area contributed by atoms with Gasteiger partial charge in [0.1, 0.15) is 0 Å². The van der Waals surface area contributed by atoms with Gasteiger partial charge in [0.2, 0.25) is 5.91 Å². The molecule has 2 aliphatic carbocycles. The lowest BCUT2D eigenvalue weighted by atomic mass is 9.54. The minimum absolute atomic E-state index is 0. The third-order valence-corrected chi connectivity index (χ3v) is 8.28. The molecule has 2 saturated heterocycles. The van der Waals surface area contributed by atoms with Gasteiger partial charge in [-0.15, -0.1) is 24.0 Å². The van der Waals surface area contributed by atoms with E-state index in [-0.39, 0.29) is 29.9 Å². The maximum atomic E-state index is 12.6. The second kappa shape index (κ2) is 10.4. The molecule has 0 aromatic rings. The van der Waals surface area contributed by atoms with Crippen LogP contribution in [-0.4, -0.2) is 61.7 Å². The van der Waals surface area contributed by atoms with Crippen LogP contribution in [0.1, 0.15) is 71.6 Å². The number of halogens is 1. The van der Waals surface area contributed by atoms with Gasteiger partial charge in [-0.05, 0) is 44.9 Å². The quantitative estimate of drug-likeness (QED) is 0.323. The fourth-order valence-corrected chi connectivity index (χ4v) is 6.56. The van der Waals surface area contributed by atoms with Crippen molar-refractivity contribution in [3.8, 4) is 0 Å². The number of hydrogen-bond donors (Lipinski definition) is 2. The summed E-state index contributed by atoms with van der Waals surface area (Å²) < 4.78 is 6.12. The summed E-state index contributed by atoms with van der Waals surface area (Å²) in [5, 5.41) is 7.47. The number of carbonyl (C=O) groups excluding carboxylic acids is 1. The van der Waals surface area contributed by atoms with Crippen molar-refractivity contribution in [3.05, 3.63) is 0 Å². The summed E-state index contributed by atoms with van der Waals surface area (Å²) in [5.74, 6) is 2.13. The number of nitrogens with one attached hydrogen (secondary N) is 2. The summed E-state index contributed by atoms with van der Waals surface area (Å²) in [6, 6.07) is 0.891. The van der Waals surface area contributed by atoms with E-state index in [1.54, 1.807) is 0 Å². The molecule has 4 fully saturated rings. The first-order valence-electron chi connectivity index (χ1n) is 12.0. The Morgan fingerprint density at radius 1 is 1.13 bits per heavy atom. The van der Waals surface area contributed by atoms with Crippen molar-refractivity contribution in [2.75, 3.05) is 26.7 Å². The van der Waals surface area contributed by atoms with Crippen LogP contribution in [-0.2, 0) is 9.53 Å². The molecule has 2 N–H and O–H groups in total. The van der Waals surface area contributed by atoms with Crippen molar-refractivity contribution >= 4 is 35.8 Å². The van der Waals surface area contributed by atoms with Crippen LogP contribution in [0.4, 0.5) is 0 Å². The second-order valence-corrected chi connectivity index (χ2v) is 9.64. The van der Waals surface area contributed by atoms with E-state index < -0.39 is 0 Å². The van der Waals surface area contributed by atoms with E-state index >= 15 is 0 Å². The number of amides is 1.